The second-order valence-electron chi connectivity index (χ2n) is 7.96. The summed E-state index contributed by atoms with van der Waals surface area (Å²) in [5.41, 5.74) is 3.63. The lowest BCUT2D eigenvalue weighted by Gasteiger charge is -2.13. The van der Waals surface area contributed by atoms with E-state index in [-0.39, 0.29) is 6.61 Å². The van der Waals surface area contributed by atoms with E-state index >= 15 is 0 Å². The van der Waals surface area contributed by atoms with Gasteiger partial charge < -0.3 is 24.2 Å². The van der Waals surface area contributed by atoms with Gasteiger partial charge in [-0.15, -0.1) is 11.3 Å². The molecule has 0 fully saturated rings. The second kappa shape index (κ2) is 15.0. The van der Waals surface area contributed by atoms with Gasteiger partial charge in [0.05, 0.1) is 20.3 Å². The molecule has 0 spiro atoms. The molecule has 0 amide bonds. The Balaban J connectivity index is 1.44. The van der Waals surface area contributed by atoms with Crippen LogP contribution >= 0.6 is 19.6 Å². The fraction of sp³-hybridized carbons (Fsp3) is 0.385. The number of hydrogen-bond donors (Lipinski definition) is 2. The second-order valence-corrected chi connectivity index (χ2v) is 9.73. The monoisotopic (exact) mass is 503 g/mol. The summed E-state index contributed by atoms with van der Waals surface area (Å²) in [5, 5.41) is 5.44. The highest BCUT2D eigenvalue weighted by Crippen LogP contribution is 2.34. The van der Waals surface area contributed by atoms with Gasteiger partial charge in [0.1, 0.15) is 11.5 Å². The Hall–Kier alpha value is -2.15. The molecule has 1 unspecified atom stereocenters. The maximum Gasteiger partial charge on any atom is 0.316 e. The standard InChI is InChI=1S/C26H34NO5PS/c1-30-23-12-9-21(10-13-23)7-3-2-4-16-31-25-14-11-22(19-24(25)26-8-5-18-34-26)20-27-15-6-17-32-33(28)29/h5,8-14,18-19,27,33H,2-4,6-7,15-17,20H2,1H3,(H,28,29). The molecule has 8 heteroatoms. The molecule has 0 aliphatic heterocycles. The first-order valence-electron chi connectivity index (χ1n) is 11.6. The van der Waals surface area contributed by atoms with Crippen LogP contribution in [0, 0.1) is 0 Å². The summed E-state index contributed by atoms with van der Waals surface area (Å²) >= 11 is 1.71. The summed E-state index contributed by atoms with van der Waals surface area (Å²) in [6.07, 6.45) is 5.03. The third-order valence-corrected chi connectivity index (χ3v) is 6.76. The van der Waals surface area contributed by atoms with Gasteiger partial charge in [-0.3, -0.25) is 4.57 Å². The predicted molar refractivity (Wildman–Crippen MR) is 139 cm³/mol. The van der Waals surface area contributed by atoms with E-state index in [1.54, 1.807) is 18.4 Å². The summed E-state index contributed by atoms with van der Waals surface area (Å²) in [6, 6.07) is 18.8. The molecule has 0 aliphatic rings. The van der Waals surface area contributed by atoms with E-state index in [4.69, 9.17) is 18.9 Å². The van der Waals surface area contributed by atoms with Gasteiger partial charge in [-0.25, -0.2) is 0 Å². The highest BCUT2D eigenvalue weighted by Gasteiger charge is 2.09. The van der Waals surface area contributed by atoms with Crippen LogP contribution in [0.25, 0.3) is 10.4 Å². The molecule has 1 aromatic heterocycles. The molecule has 1 atom stereocenters. The number of rotatable bonds is 16. The molecule has 3 aromatic rings. The van der Waals surface area contributed by atoms with Gasteiger partial charge in [0.25, 0.3) is 0 Å². The molecule has 3 rings (SSSR count). The Morgan fingerprint density at radius 1 is 0.971 bits per heavy atom. The predicted octanol–water partition coefficient (Wildman–Crippen LogP) is 6.09. The van der Waals surface area contributed by atoms with Crippen LogP contribution in [0.15, 0.2) is 60.0 Å². The number of ether oxygens (including phenoxy) is 2. The number of methoxy groups -OCH3 is 1. The Morgan fingerprint density at radius 3 is 2.53 bits per heavy atom. The van der Waals surface area contributed by atoms with Crippen molar-refractivity contribution in [2.45, 2.75) is 38.6 Å². The molecule has 0 aliphatic carbocycles. The van der Waals surface area contributed by atoms with Crippen molar-refractivity contribution in [2.24, 2.45) is 0 Å². The van der Waals surface area contributed by atoms with Crippen LogP contribution in [-0.4, -0.2) is 31.8 Å². The highest BCUT2D eigenvalue weighted by atomic mass is 32.1. The molecule has 184 valence electrons. The normalized spacial score (nSPS) is 11.9. The van der Waals surface area contributed by atoms with Crippen molar-refractivity contribution < 1.29 is 23.5 Å². The quantitative estimate of drug-likeness (QED) is 0.182. The van der Waals surface area contributed by atoms with Gasteiger partial charge in [-0.1, -0.05) is 24.3 Å². The van der Waals surface area contributed by atoms with Crippen LogP contribution in [0.4, 0.5) is 0 Å². The van der Waals surface area contributed by atoms with Crippen molar-refractivity contribution in [3.8, 4) is 21.9 Å². The smallest absolute Gasteiger partial charge is 0.316 e. The molecular weight excluding hydrogens is 469 g/mol. The SMILES string of the molecule is COc1ccc(CCCCCOc2ccc(CNCCCO[PH](=O)O)cc2-c2cccs2)cc1. The zero-order valence-electron chi connectivity index (χ0n) is 19.6. The lowest BCUT2D eigenvalue weighted by Crippen LogP contribution is -2.16. The first-order valence-corrected chi connectivity index (χ1v) is 13.8. The van der Waals surface area contributed by atoms with E-state index in [1.165, 1.54) is 16.0 Å². The number of hydrogen-bond acceptors (Lipinski definition) is 6. The van der Waals surface area contributed by atoms with Crippen LogP contribution in [0.2, 0.25) is 0 Å². The highest BCUT2D eigenvalue weighted by molar-refractivity contribution is 7.32. The first kappa shape index (κ1) is 26.5. The minimum atomic E-state index is -2.83. The van der Waals surface area contributed by atoms with E-state index in [9.17, 15) is 4.57 Å². The maximum absolute atomic E-state index is 10.6. The molecule has 2 N–H and O–H groups in total. The zero-order chi connectivity index (χ0) is 24.0. The number of thiophene rings is 1. The minimum Gasteiger partial charge on any atom is -0.497 e. The molecule has 1 heterocycles. The Morgan fingerprint density at radius 2 is 1.79 bits per heavy atom. The number of nitrogens with one attached hydrogen (secondary N) is 1. The maximum atomic E-state index is 10.6. The number of unbranched alkanes of at least 4 members (excludes halogenated alkanes) is 2. The Labute approximate surface area is 206 Å². The number of aryl methyl sites for hydroxylation is 1. The molecule has 0 saturated carbocycles. The van der Waals surface area contributed by atoms with Gasteiger partial charge >= 0.3 is 8.25 Å². The van der Waals surface area contributed by atoms with Crippen LogP contribution in [0.1, 0.15) is 36.8 Å². The average Bonchev–Trinajstić information content (AvgIpc) is 3.39. The van der Waals surface area contributed by atoms with Gasteiger partial charge in [0.15, 0.2) is 0 Å². The van der Waals surface area contributed by atoms with E-state index in [1.807, 2.05) is 12.1 Å². The summed E-state index contributed by atoms with van der Waals surface area (Å²) in [7, 11) is -1.14. The Kier molecular flexibility index (Phi) is 11.6. The van der Waals surface area contributed by atoms with Crippen LogP contribution < -0.4 is 14.8 Å². The summed E-state index contributed by atoms with van der Waals surface area (Å²) in [6.45, 7) is 2.43. The fourth-order valence-electron chi connectivity index (χ4n) is 3.61. The lowest BCUT2D eigenvalue weighted by atomic mass is 10.1. The van der Waals surface area contributed by atoms with Gasteiger partial charge in [-0.05, 0) is 85.5 Å². The zero-order valence-corrected chi connectivity index (χ0v) is 21.4. The fourth-order valence-corrected chi connectivity index (χ4v) is 4.68. The summed E-state index contributed by atoms with van der Waals surface area (Å²) < 4.78 is 26.7. The summed E-state index contributed by atoms with van der Waals surface area (Å²) in [4.78, 5) is 9.88. The molecular formula is C26H34NO5PS. The average molecular weight is 504 g/mol. The van der Waals surface area contributed by atoms with Crippen LogP contribution in [0.5, 0.6) is 11.5 Å². The van der Waals surface area contributed by atoms with Crippen molar-refractivity contribution in [2.75, 3.05) is 26.9 Å². The molecule has 0 saturated heterocycles. The van der Waals surface area contributed by atoms with Crippen molar-refractivity contribution in [3.63, 3.8) is 0 Å². The van der Waals surface area contributed by atoms with Crippen molar-refractivity contribution in [1.82, 2.24) is 5.32 Å². The third kappa shape index (κ3) is 9.24. The van der Waals surface area contributed by atoms with E-state index in [2.05, 4.69) is 53.2 Å². The van der Waals surface area contributed by atoms with Crippen molar-refractivity contribution >= 4 is 19.6 Å². The van der Waals surface area contributed by atoms with Gasteiger partial charge in [0, 0.05) is 17.0 Å². The summed E-state index contributed by atoms with van der Waals surface area (Å²) in [5.74, 6) is 1.82. The van der Waals surface area contributed by atoms with Crippen LogP contribution in [0.3, 0.4) is 0 Å². The first-order chi connectivity index (χ1) is 16.7. The van der Waals surface area contributed by atoms with Crippen molar-refractivity contribution in [3.05, 3.63) is 71.1 Å². The van der Waals surface area contributed by atoms with Crippen molar-refractivity contribution in [1.29, 1.82) is 0 Å². The Bertz CT molecular complexity index is 995. The van der Waals surface area contributed by atoms with Gasteiger partial charge in [0.2, 0.25) is 0 Å². The largest absolute Gasteiger partial charge is 0.497 e. The lowest BCUT2D eigenvalue weighted by molar-refractivity contribution is 0.276. The molecule has 0 bridgehead atoms. The molecule has 0 radical (unpaired) electrons. The molecule has 2 aromatic carbocycles. The molecule has 6 nitrogen and oxygen atoms in total. The number of benzene rings is 2. The van der Waals surface area contributed by atoms with Gasteiger partial charge in [-0.2, -0.15) is 0 Å². The molecule has 34 heavy (non-hydrogen) atoms. The van der Waals surface area contributed by atoms with E-state index < -0.39 is 8.25 Å². The third-order valence-electron chi connectivity index (χ3n) is 5.41. The minimum absolute atomic E-state index is 0.286. The topological polar surface area (TPSA) is 77.0 Å². The van der Waals surface area contributed by atoms with E-state index in [0.717, 1.165) is 55.8 Å². The van der Waals surface area contributed by atoms with E-state index in [0.29, 0.717) is 13.0 Å². The van der Waals surface area contributed by atoms with Crippen LogP contribution in [-0.2, 0) is 22.1 Å².